The Morgan fingerprint density at radius 1 is 1.08 bits per heavy atom. The van der Waals surface area contributed by atoms with Crippen molar-refractivity contribution >= 4 is 16.6 Å². The topological polar surface area (TPSA) is 67.1 Å². The number of hydrogen-bond donors (Lipinski definition) is 2. The monoisotopic (exact) mass is 509 g/mol. The lowest BCUT2D eigenvalue weighted by molar-refractivity contribution is 0.207. The van der Waals surface area contributed by atoms with Crippen molar-refractivity contribution in [3.63, 3.8) is 0 Å². The second-order valence-corrected chi connectivity index (χ2v) is 10.6. The number of aromatic amines is 2. The van der Waals surface area contributed by atoms with E-state index in [4.69, 9.17) is 5.10 Å². The number of hydrogen-bond acceptors (Lipinski definition) is 5. The van der Waals surface area contributed by atoms with E-state index in [2.05, 4.69) is 101 Å². The first kappa shape index (κ1) is 25.9. The number of aryl methyl sites for hydroxylation is 2. The van der Waals surface area contributed by atoms with Gasteiger partial charge in [0.2, 0.25) is 0 Å². The Morgan fingerprint density at radius 2 is 1.89 bits per heavy atom. The third kappa shape index (κ3) is 5.59. The van der Waals surface area contributed by atoms with E-state index in [0.29, 0.717) is 0 Å². The maximum atomic E-state index is 4.72. The van der Waals surface area contributed by atoms with Gasteiger partial charge >= 0.3 is 0 Å². The van der Waals surface area contributed by atoms with Crippen molar-refractivity contribution in [1.82, 2.24) is 34.9 Å². The normalized spacial score (nSPS) is 15.1. The van der Waals surface area contributed by atoms with Crippen molar-refractivity contribution in [2.24, 2.45) is 0 Å². The summed E-state index contributed by atoms with van der Waals surface area (Å²) in [7, 11) is 6.41. The number of piperazine rings is 1. The number of fused-ring (bicyclic) bond motifs is 1. The summed E-state index contributed by atoms with van der Waals surface area (Å²) < 4.78 is 0. The first-order chi connectivity index (χ1) is 18.4. The van der Waals surface area contributed by atoms with Crippen LogP contribution in [0.25, 0.3) is 39.1 Å². The van der Waals surface area contributed by atoms with Gasteiger partial charge in [0.05, 0.1) is 11.2 Å². The van der Waals surface area contributed by atoms with Crippen LogP contribution >= 0.6 is 0 Å². The van der Waals surface area contributed by atoms with E-state index in [1.165, 1.54) is 16.8 Å². The van der Waals surface area contributed by atoms with Gasteiger partial charge in [-0.2, -0.15) is 5.10 Å². The summed E-state index contributed by atoms with van der Waals surface area (Å²) in [6, 6.07) is 11.0. The molecule has 1 aromatic carbocycles. The molecule has 0 spiro atoms. The fourth-order valence-electron chi connectivity index (χ4n) is 5.26. The number of allylic oxidation sites excluding steroid dienone is 2. The molecule has 3 aromatic heterocycles. The summed E-state index contributed by atoms with van der Waals surface area (Å²) in [6.45, 7) is 11.3. The molecule has 38 heavy (non-hydrogen) atoms. The molecule has 0 bridgehead atoms. The van der Waals surface area contributed by atoms with Gasteiger partial charge in [-0.25, -0.2) is 0 Å². The van der Waals surface area contributed by atoms with E-state index >= 15 is 0 Å². The summed E-state index contributed by atoms with van der Waals surface area (Å²) in [5.74, 6) is 0. The van der Waals surface area contributed by atoms with Crippen LogP contribution in [0, 0.1) is 6.92 Å². The van der Waals surface area contributed by atoms with Crippen LogP contribution in [0.15, 0.2) is 61.5 Å². The molecule has 0 radical (unpaired) electrons. The van der Waals surface area contributed by atoms with E-state index in [0.717, 1.165) is 84.7 Å². The van der Waals surface area contributed by atoms with Crippen molar-refractivity contribution in [2.45, 2.75) is 19.8 Å². The minimum atomic E-state index is 0.933. The van der Waals surface area contributed by atoms with Crippen molar-refractivity contribution < 1.29 is 0 Å². The first-order valence-corrected chi connectivity index (χ1v) is 13.5. The highest BCUT2D eigenvalue weighted by atomic mass is 15.3. The predicted molar refractivity (Wildman–Crippen MR) is 158 cm³/mol. The first-order valence-electron chi connectivity index (χ1n) is 13.5. The molecule has 1 saturated heterocycles. The highest BCUT2D eigenvalue weighted by Gasteiger charge is 2.21. The Kier molecular flexibility index (Phi) is 7.77. The van der Waals surface area contributed by atoms with Gasteiger partial charge in [0.1, 0.15) is 5.69 Å². The molecule has 2 N–H and O–H groups in total. The lowest BCUT2D eigenvalue weighted by Gasteiger charge is -2.35. The molecular formula is C31H39N7. The number of aromatic nitrogens is 4. The number of likely N-dealkylation sites (N-methyl/N-ethyl adjacent to an activating group) is 1. The van der Waals surface area contributed by atoms with Gasteiger partial charge in [-0.3, -0.25) is 10.1 Å². The van der Waals surface area contributed by atoms with Crippen molar-refractivity contribution in [3.05, 3.63) is 78.3 Å². The molecule has 0 amide bonds. The van der Waals surface area contributed by atoms with Crippen molar-refractivity contribution in [2.75, 3.05) is 53.9 Å². The van der Waals surface area contributed by atoms with Gasteiger partial charge in [-0.05, 0) is 88.9 Å². The number of rotatable bonds is 9. The van der Waals surface area contributed by atoms with Crippen molar-refractivity contribution in [1.29, 1.82) is 0 Å². The highest BCUT2D eigenvalue weighted by Crippen LogP contribution is 2.33. The lowest BCUT2D eigenvalue weighted by Crippen LogP contribution is -2.43. The molecule has 4 heterocycles. The number of H-pyrrole nitrogens is 2. The molecule has 198 valence electrons. The predicted octanol–water partition coefficient (Wildman–Crippen LogP) is 5.20. The van der Waals surface area contributed by atoms with Crippen LogP contribution < -0.4 is 0 Å². The lowest BCUT2D eigenvalue weighted by atomic mass is 10.0. The molecule has 5 rings (SSSR count). The standard InChI is InChI=1S/C31H39N7/c1-6-8-30(38-15-13-37(5)14-16-38)26-19-29(33-22(26)2)31-27-18-24(10-11-28(27)34-35-31)25-17-23(20-32-21-25)9-7-12-36(3)4/h6,8,10-11,17-21,33H,1,7,9,12-16H2,2-5H3,(H,34,35)/b30-8+. The zero-order valence-corrected chi connectivity index (χ0v) is 23.1. The zero-order valence-electron chi connectivity index (χ0n) is 23.1. The Balaban J connectivity index is 1.45. The van der Waals surface area contributed by atoms with Gasteiger partial charge in [0.15, 0.2) is 0 Å². The second kappa shape index (κ2) is 11.4. The summed E-state index contributed by atoms with van der Waals surface area (Å²) >= 11 is 0. The van der Waals surface area contributed by atoms with Gasteiger partial charge in [0.25, 0.3) is 0 Å². The van der Waals surface area contributed by atoms with Crippen LogP contribution in [-0.4, -0.2) is 88.7 Å². The number of nitrogens with one attached hydrogen (secondary N) is 2. The smallest absolute Gasteiger partial charge is 0.116 e. The molecular weight excluding hydrogens is 470 g/mol. The summed E-state index contributed by atoms with van der Waals surface area (Å²) in [6.07, 6.45) is 10.1. The molecule has 0 saturated carbocycles. The van der Waals surface area contributed by atoms with Crippen LogP contribution in [0.1, 0.15) is 23.2 Å². The zero-order chi connectivity index (χ0) is 26.6. The van der Waals surface area contributed by atoms with E-state index < -0.39 is 0 Å². The van der Waals surface area contributed by atoms with E-state index in [1.807, 2.05) is 18.5 Å². The van der Waals surface area contributed by atoms with Gasteiger partial charge in [0, 0.05) is 66.5 Å². The Bertz CT molecular complexity index is 1430. The molecule has 4 aromatic rings. The Labute approximate surface area is 225 Å². The van der Waals surface area contributed by atoms with E-state index in [9.17, 15) is 0 Å². The number of benzene rings is 1. The van der Waals surface area contributed by atoms with Crippen molar-refractivity contribution in [3.8, 4) is 22.5 Å². The molecule has 1 aliphatic rings. The second-order valence-electron chi connectivity index (χ2n) is 10.6. The summed E-state index contributed by atoms with van der Waals surface area (Å²) in [4.78, 5) is 15.2. The average molecular weight is 510 g/mol. The van der Waals surface area contributed by atoms with Crippen LogP contribution in [0.3, 0.4) is 0 Å². The number of nitrogens with zero attached hydrogens (tertiary/aromatic N) is 5. The maximum Gasteiger partial charge on any atom is 0.116 e. The largest absolute Gasteiger partial charge is 0.368 e. The van der Waals surface area contributed by atoms with Gasteiger partial charge in [-0.15, -0.1) is 0 Å². The fraction of sp³-hybridized carbons (Fsp3) is 0.355. The minimum Gasteiger partial charge on any atom is -0.368 e. The molecule has 7 nitrogen and oxygen atoms in total. The molecule has 0 aliphatic carbocycles. The number of pyridine rings is 1. The molecule has 0 unspecified atom stereocenters. The third-order valence-corrected chi connectivity index (χ3v) is 7.43. The minimum absolute atomic E-state index is 0.933. The third-order valence-electron chi connectivity index (χ3n) is 7.43. The van der Waals surface area contributed by atoms with Crippen LogP contribution in [0.4, 0.5) is 0 Å². The van der Waals surface area contributed by atoms with Crippen LogP contribution in [-0.2, 0) is 6.42 Å². The SMILES string of the molecule is C=C/C=C(\c1cc(-c2n[nH]c3ccc(-c4cncc(CCCN(C)C)c4)cc23)[nH]c1C)N1CCN(C)CC1. The molecule has 7 heteroatoms. The summed E-state index contributed by atoms with van der Waals surface area (Å²) in [5.41, 5.74) is 10.1. The Hall–Kier alpha value is -3.68. The van der Waals surface area contributed by atoms with E-state index in [1.54, 1.807) is 0 Å². The van der Waals surface area contributed by atoms with Crippen LogP contribution in [0.2, 0.25) is 0 Å². The highest BCUT2D eigenvalue weighted by molar-refractivity contribution is 5.95. The maximum absolute atomic E-state index is 4.72. The molecule has 1 aliphatic heterocycles. The fourth-order valence-corrected chi connectivity index (χ4v) is 5.26. The molecule has 1 fully saturated rings. The quantitative estimate of drug-likeness (QED) is 0.304. The summed E-state index contributed by atoms with van der Waals surface area (Å²) in [5, 5.41) is 9.05. The Morgan fingerprint density at radius 3 is 2.66 bits per heavy atom. The van der Waals surface area contributed by atoms with Crippen LogP contribution in [0.5, 0.6) is 0 Å². The van der Waals surface area contributed by atoms with Gasteiger partial charge < -0.3 is 19.7 Å². The molecule has 0 atom stereocenters. The van der Waals surface area contributed by atoms with Gasteiger partial charge in [-0.1, -0.05) is 18.7 Å². The average Bonchev–Trinajstić information content (AvgIpc) is 3.50. The van der Waals surface area contributed by atoms with E-state index in [-0.39, 0.29) is 0 Å².